The number of hydrogen-bond donors (Lipinski definition) is 1. The van der Waals surface area contributed by atoms with Crippen molar-refractivity contribution in [1.82, 2.24) is 14.1 Å². The summed E-state index contributed by atoms with van der Waals surface area (Å²) in [5.74, 6) is 0.587. The predicted molar refractivity (Wildman–Crippen MR) is 77.7 cm³/mol. The molecule has 2 heterocycles. The van der Waals surface area contributed by atoms with Gasteiger partial charge in [0.15, 0.2) is 0 Å². The SMILES string of the molecule is CC1CCN(S(=O)(=O)c2cnn(CCCN)c2)C(C)C1. The van der Waals surface area contributed by atoms with E-state index in [-0.39, 0.29) is 10.9 Å². The molecule has 114 valence electrons. The van der Waals surface area contributed by atoms with E-state index < -0.39 is 10.0 Å². The van der Waals surface area contributed by atoms with Crippen molar-refractivity contribution in [2.45, 2.75) is 50.6 Å². The van der Waals surface area contributed by atoms with Crippen LogP contribution < -0.4 is 5.73 Å². The van der Waals surface area contributed by atoms with Crippen molar-refractivity contribution in [2.24, 2.45) is 11.7 Å². The van der Waals surface area contributed by atoms with Crippen LogP contribution in [0.5, 0.6) is 0 Å². The van der Waals surface area contributed by atoms with Crippen LogP contribution in [0.25, 0.3) is 0 Å². The van der Waals surface area contributed by atoms with Gasteiger partial charge in [-0.05, 0) is 38.6 Å². The Balaban J connectivity index is 2.15. The first-order valence-corrected chi connectivity index (χ1v) is 8.63. The van der Waals surface area contributed by atoms with Gasteiger partial charge in [0.1, 0.15) is 4.90 Å². The first-order chi connectivity index (χ1) is 9.45. The molecule has 1 aromatic rings. The Morgan fingerprint density at radius 3 is 2.85 bits per heavy atom. The van der Waals surface area contributed by atoms with E-state index in [9.17, 15) is 8.42 Å². The monoisotopic (exact) mass is 300 g/mol. The summed E-state index contributed by atoms with van der Waals surface area (Å²) in [5, 5.41) is 4.11. The smallest absolute Gasteiger partial charge is 0.246 e. The number of hydrogen-bond acceptors (Lipinski definition) is 4. The molecule has 1 saturated heterocycles. The predicted octanol–water partition coefficient (Wildman–Crippen LogP) is 1.04. The van der Waals surface area contributed by atoms with E-state index in [4.69, 9.17) is 5.73 Å². The van der Waals surface area contributed by atoms with Crippen molar-refractivity contribution < 1.29 is 8.42 Å². The van der Waals surface area contributed by atoms with Crippen molar-refractivity contribution >= 4 is 10.0 Å². The Morgan fingerprint density at radius 1 is 1.45 bits per heavy atom. The Hall–Kier alpha value is -0.920. The van der Waals surface area contributed by atoms with Gasteiger partial charge < -0.3 is 5.73 Å². The van der Waals surface area contributed by atoms with Gasteiger partial charge in [0.25, 0.3) is 0 Å². The highest BCUT2D eigenvalue weighted by Gasteiger charge is 2.33. The van der Waals surface area contributed by atoms with Crippen LogP contribution >= 0.6 is 0 Å². The molecule has 2 unspecified atom stereocenters. The molecule has 7 heteroatoms. The number of nitrogens with zero attached hydrogens (tertiary/aromatic N) is 3. The van der Waals surface area contributed by atoms with E-state index in [0.717, 1.165) is 19.3 Å². The fourth-order valence-electron chi connectivity index (χ4n) is 2.73. The van der Waals surface area contributed by atoms with Crippen LogP contribution in [0.15, 0.2) is 17.3 Å². The molecule has 0 saturated carbocycles. The topological polar surface area (TPSA) is 81.2 Å². The summed E-state index contributed by atoms with van der Waals surface area (Å²) in [6.45, 7) is 5.97. The standard InChI is InChI=1S/C13H24N4O2S/c1-11-4-7-17(12(2)8-11)20(18,19)13-9-15-16(10-13)6-3-5-14/h9-12H,3-8,14H2,1-2H3. The maximum absolute atomic E-state index is 12.6. The lowest BCUT2D eigenvalue weighted by atomic mass is 9.95. The number of sulfonamides is 1. The second kappa shape index (κ2) is 6.24. The van der Waals surface area contributed by atoms with Gasteiger partial charge in [-0.25, -0.2) is 8.42 Å². The van der Waals surface area contributed by atoms with E-state index in [1.165, 1.54) is 6.20 Å². The minimum Gasteiger partial charge on any atom is -0.330 e. The van der Waals surface area contributed by atoms with Gasteiger partial charge >= 0.3 is 0 Å². The normalized spacial score (nSPS) is 24.9. The fraction of sp³-hybridized carbons (Fsp3) is 0.769. The summed E-state index contributed by atoms with van der Waals surface area (Å²) in [7, 11) is -3.42. The molecule has 0 aromatic carbocycles. The zero-order valence-electron chi connectivity index (χ0n) is 12.2. The molecule has 2 atom stereocenters. The number of aromatic nitrogens is 2. The molecule has 2 N–H and O–H groups in total. The van der Waals surface area contributed by atoms with Gasteiger partial charge in [0.2, 0.25) is 10.0 Å². The van der Waals surface area contributed by atoms with Crippen molar-refractivity contribution in [3.05, 3.63) is 12.4 Å². The molecule has 1 fully saturated rings. The Kier molecular flexibility index (Phi) is 4.82. The van der Waals surface area contributed by atoms with Crippen LogP contribution in [-0.2, 0) is 16.6 Å². The van der Waals surface area contributed by atoms with Gasteiger partial charge in [-0.2, -0.15) is 9.40 Å². The number of rotatable bonds is 5. The Labute approximate surface area is 121 Å². The van der Waals surface area contributed by atoms with Crippen LogP contribution in [0, 0.1) is 5.92 Å². The summed E-state index contributed by atoms with van der Waals surface area (Å²) in [6.07, 6.45) is 5.68. The molecule has 20 heavy (non-hydrogen) atoms. The third kappa shape index (κ3) is 3.21. The molecule has 0 spiro atoms. The second-order valence-corrected chi connectivity index (χ2v) is 7.57. The van der Waals surface area contributed by atoms with Crippen LogP contribution in [0.1, 0.15) is 33.1 Å². The van der Waals surface area contributed by atoms with E-state index in [1.54, 1.807) is 15.2 Å². The lowest BCUT2D eigenvalue weighted by molar-refractivity contribution is 0.220. The van der Waals surface area contributed by atoms with Crippen LogP contribution in [0.3, 0.4) is 0 Å². The van der Waals surface area contributed by atoms with Gasteiger partial charge in [-0.1, -0.05) is 6.92 Å². The van der Waals surface area contributed by atoms with E-state index in [0.29, 0.717) is 25.6 Å². The number of aryl methyl sites for hydroxylation is 1. The fourth-order valence-corrected chi connectivity index (χ4v) is 4.34. The zero-order valence-corrected chi connectivity index (χ0v) is 13.0. The van der Waals surface area contributed by atoms with E-state index in [1.807, 2.05) is 6.92 Å². The van der Waals surface area contributed by atoms with E-state index >= 15 is 0 Å². The molecule has 1 aliphatic heterocycles. The van der Waals surface area contributed by atoms with Gasteiger partial charge in [0, 0.05) is 25.3 Å². The van der Waals surface area contributed by atoms with Crippen molar-refractivity contribution in [2.75, 3.05) is 13.1 Å². The molecule has 1 aliphatic rings. The van der Waals surface area contributed by atoms with E-state index in [2.05, 4.69) is 12.0 Å². The molecule has 0 aliphatic carbocycles. The summed E-state index contributed by atoms with van der Waals surface area (Å²) in [5.41, 5.74) is 5.45. The molecule has 0 radical (unpaired) electrons. The second-order valence-electron chi connectivity index (χ2n) is 5.68. The van der Waals surface area contributed by atoms with Crippen LogP contribution in [0.4, 0.5) is 0 Å². The first kappa shape index (κ1) is 15.5. The Bertz CT molecular complexity index is 540. The highest BCUT2D eigenvalue weighted by atomic mass is 32.2. The van der Waals surface area contributed by atoms with Crippen molar-refractivity contribution in [3.8, 4) is 0 Å². The number of piperidine rings is 1. The maximum atomic E-state index is 12.6. The largest absolute Gasteiger partial charge is 0.330 e. The average molecular weight is 300 g/mol. The Morgan fingerprint density at radius 2 is 2.20 bits per heavy atom. The lowest BCUT2D eigenvalue weighted by Gasteiger charge is -2.35. The molecule has 0 amide bonds. The summed E-state index contributed by atoms with van der Waals surface area (Å²) in [6, 6.07) is 0.0520. The quantitative estimate of drug-likeness (QED) is 0.881. The first-order valence-electron chi connectivity index (χ1n) is 7.19. The summed E-state index contributed by atoms with van der Waals surface area (Å²) >= 11 is 0. The highest BCUT2D eigenvalue weighted by Crippen LogP contribution is 2.27. The summed E-state index contributed by atoms with van der Waals surface area (Å²) < 4.78 is 28.5. The molecule has 2 rings (SSSR count). The molecular formula is C13H24N4O2S. The molecule has 1 aromatic heterocycles. The molecular weight excluding hydrogens is 276 g/mol. The lowest BCUT2D eigenvalue weighted by Crippen LogP contribution is -2.43. The van der Waals surface area contributed by atoms with Crippen molar-refractivity contribution in [1.29, 1.82) is 0 Å². The minimum absolute atomic E-state index is 0.0520. The van der Waals surface area contributed by atoms with Gasteiger partial charge in [-0.3, -0.25) is 4.68 Å². The van der Waals surface area contributed by atoms with Crippen molar-refractivity contribution in [3.63, 3.8) is 0 Å². The average Bonchev–Trinajstić information content (AvgIpc) is 2.85. The van der Waals surface area contributed by atoms with Crippen LogP contribution in [-0.4, -0.2) is 41.6 Å². The maximum Gasteiger partial charge on any atom is 0.246 e. The minimum atomic E-state index is -3.42. The zero-order chi connectivity index (χ0) is 14.8. The van der Waals surface area contributed by atoms with Gasteiger partial charge in [-0.15, -0.1) is 0 Å². The molecule has 0 bridgehead atoms. The highest BCUT2D eigenvalue weighted by molar-refractivity contribution is 7.89. The number of nitrogens with two attached hydrogens (primary N) is 1. The third-order valence-electron chi connectivity index (χ3n) is 3.88. The summed E-state index contributed by atoms with van der Waals surface area (Å²) in [4.78, 5) is 0.288. The molecule has 6 nitrogen and oxygen atoms in total. The van der Waals surface area contributed by atoms with Crippen LogP contribution in [0.2, 0.25) is 0 Å². The van der Waals surface area contributed by atoms with Gasteiger partial charge in [0.05, 0.1) is 6.20 Å². The third-order valence-corrected chi connectivity index (χ3v) is 5.85.